The van der Waals surface area contributed by atoms with E-state index in [4.69, 9.17) is 9.47 Å². The van der Waals surface area contributed by atoms with Gasteiger partial charge in [-0.3, -0.25) is 9.69 Å². The summed E-state index contributed by atoms with van der Waals surface area (Å²) >= 11 is 0. The Morgan fingerprint density at radius 1 is 1.08 bits per heavy atom. The van der Waals surface area contributed by atoms with Gasteiger partial charge in [-0.2, -0.15) is 0 Å². The van der Waals surface area contributed by atoms with Crippen LogP contribution >= 0.6 is 0 Å². The molecule has 0 spiro atoms. The molecule has 1 unspecified atom stereocenters. The lowest BCUT2D eigenvalue weighted by Gasteiger charge is -2.32. The highest BCUT2D eigenvalue weighted by molar-refractivity contribution is 5.75. The number of hydrogen-bond donors (Lipinski definition) is 1. The third-order valence-corrected chi connectivity index (χ3v) is 4.09. The maximum Gasteiger partial charge on any atom is 0.325 e. The van der Waals surface area contributed by atoms with Gasteiger partial charge in [-0.05, 0) is 23.3 Å². The van der Waals surface area contributed by atoms with Gasteiger partial charge in [0.1, 0.15) is 18.4 Å². The number of hydrogen-bond acceptors (Lipinski definition) is 4. The molecular formula is C19H21NO4. The minimum absolute atomic E-state index is 0.492. The van der Waals surface area contributed by atoms with E-state index in [2.05, 4.69) is 0 Å². The normalized spacial score (nSPS) is 16.5. The second kappa shape index (κ2) is 7.95. The third-order valence-electron chi connectivity index (χ3n) is 4.09. The largest absolute Gasteiger partial charge is 0.489 e. The van der Waals surface area contributed by atoms with Gasteiger partial charge in [-0.25, -0.2) is 0 Å². The lowest BCUT2D eigenvalue weighted by molar-refractivity contribution is -0.145. The minimum atomic E-state index is -0.838. The number of rotatable bonds is 6. The predicted octanol–water partition coefficient (Wildman–Crippen LogP) is 2.72. The monoisotopic (exact) mass is 327 g/mol. The van der Waals surface area contributed by atoms with Crippen molar-refractivity contribution >= 4 is 5.97 Å². The first kappa shape index (κ1) is 16.5. The molecule has 1 saturated heterocycles. The van der Waals surface area contributed by atoms with Crippen LogP contribution in [-0.2, 0) is 16.1 Å². The van der Waals surface area contributed by atoms with Crippen molar-refractivity contribution < 1.29 is 19.4 Å². The number of carboxylic acids is 1. The topological polar surface area (TPSA) is 59.0 Å². The van der Waals surface area contributed by atoms with Crippen LogP contribution < -0.4 is 4.74 Å². The van der Waals surface area contributed by atoms with Crippen LogP contribution in [-0.4, -0.2) is 42.3 Å². The molecule has 1 aliphatic rings. The maximum atomic E-state index is 11.7. The standard InChI is InChI=1S/C19H21NO4/c21-19(22)18(20-10-12-23-13-11-20)16-6-8-17(9-7-16)24-14-15-4-2-1-3-5-15/h1-9,18H,10-14H2,(H,21,22). The van der Waals surface area contributed by atoms with Crippen LogP contribution in [0.4, 0.5) is 0 Å². The van der Waals surface area contributed by atoms with Crippen molar-refractivity contribution in [3.63, 3.8) is 0 Å². The summed E-state index contributed by atoms with van der Waals surface area (Å²) in [4.78, 5) is 13.6. The maximum absolute atomic E-state index is 11.7. The molecule has 2 aromatic carbocycles. The van der Waals surface area contributed by atoms with Crippen LogP contribution in [0, 0.1) is 0 Å². The number of benzene rings is 2. The SMILES string of the molecule is O=C(O)C(c1ccc(OCc2ccccc2)cc1)N1CCOCC1. The predicted molar refractivity (Wildman–Crippen MR) is 90.0 cm³/mol. The van der Waals surface area contributed by atoms with Gasteiger partial charge < -0.3 is 14.6 Å². The van der Waals surface area contributed by atoms with Gasteiger partial charge >= 0.3 is 5.97 Å². The highest BCUT2D eigenvalue weighted by Crippen LogP contribution is 2.24. The van der Waals surface area contributed by atoms with Crippen LogP contribution in [0.1, 0.15) is 17.2 Å². The molecule has 1 heterocycles. The average molecular weight is 327 g/mol. The summed E-state index contributed by atoms with van der Waals surface area (Å²) in [6, 6.07) is 16.6. The molecule has 0 bridgehead atoms. The number of morpholine rings is 1. The van der Waals surface area contributed by atoms with E-state index >= 15 is 0 Å². The molecule has 0 saturated carbocycles. The van der Waals surface area contributed by atoms with E-state index in [9.17, 15) is 9.90 Å². The second-order valence-corrected chi connectivity index (χ2v) is 5.73. The lowest BCUT2D eigenvalue weighted by atomic mass is 10.0. The van der Waals surface area contributed by atoms with E-state index in [0.29, 0.717) is 32.9 Å². The summed E-state index contributed by atoms with van der Waals surface area (Å²) < 4.78 is 11.1. The molecule has 1 aliphatic heterocycles. The average Bonchev–Trinajstić information content (AvgIpc) is 2.63. The Balaban J connectivity index is 1.66. The first-order valence-electron chi connectivity index (χ1n) is 8.05. The van der Waals surface area contributed by atoms with Crippen LogP contribution in [0.25, 0.3) is 0 Å². The van der Waals surface area contributed by atoms with E-state index in [1.54, 1.807) is 0 Å². The molecular weight excluding hydrogens is 306 g/mol. The fourth-order valence-corrected chi connectivity index (χ4v) is 2.83. The molecule has 5 nitrogen and oxygen atoms in total. The van der Waals surface area contributed by atoms with Crippen LogP contribution in [0.2, 0.25) is 0 Å². The van der Waals surface area contributed by atoms with Gasteiger partial charge in [0.15, 0.2) is 0 Å². The number of ether oxygens (including phenoxy) is 2. The number of carbonyl (C=O) groups is 1. The van der Waals surface area contributed by atoms with Crippen LogP contribution in [0.5, 0.6) is 5.75 Å². The quantitative estimate of drug-likeness (QED) is 0.884. The number of nitrogens with zero attached hydrogens (tertiary/aromatic N) is 1. The molecule has 0 aliphatic carbocycles. The minimum Gasteiger partial charge on any atom is -0.489 e. The second-order valence-electron chi connectivity index (χ2n) is 5.73. The fraction of sp³-hybridized carbons (Fsp3) is 0.316. The van der Waals surface area contributed by atoms with Gasteiger partial charge in [0, 0.05) is 13.1 Å². The van der Waals surface area contributed by atoms with Gasteiger partial charge in [0.05, 0.1) is 13.2 Å². The summed E-state index contributed by atoms with van der Waals surface area (Å²) in [5.74, 6) is -0.108. The Kier molecular flexibility index (Phi) is 5.46. The van der Waals surface area contributed by atoms with Crippen molar-refractivity contribution in [1.29, 1.82) is 0 Å². The highest BCUT2D eigenvalue weighted by Gasteiger charge is 2.28. The molecule has 0 aromatic heterocycles. The van der Waals surface area contributed by atoms with E-state index in [-0.39, 0.29) is 0 Å². The Hall–Kier alpha value is -2.37. The Bertz CT molecular complexity index is 651. The highest BCUT2D eigenvalue weighted by atomic mass is 16.5. The van der Waals surface area contributed by atoms with E-state index in [1.807, 2.05) is 59.5 Å². The fourth-order valence-electron chi connectivity index (χ4n) is 2.83. The molecule has 1 fully saturated rings. The zero-order valence-corrected chi connectivity index (χ0v) is 13.4. The van der Waals surface area contributed by atoms with Crippen molar-refractivity contribution in [3.8, 4) is 5.75 Å². The molecule has 1 atom stereocenters. The summed E-state index contributed by atoms with van der Waals surface area (Å²) in [6.07, 6.45) is 0. The van der Waals surface area contributed by atoms with E-state index in [1.165, 1.54) is 0 Å². The molecule has 1 N–H and O–H groups in total. The van der Waals surface area contributed by atoms with Crippen LogP contribution in [0.15, 0.2) is 54.6 Å². The third kappa shape index (κ3) is 4.13. The lowest BCUT2D eigenvalue weighted by Crippen LogP contribution is -2.42. The van der Waals surface area contributed by atoms with Crippen molar-refractivity contribution in [2.45, 2.75) is 12.6 Å². The molecule has 24 heavy (non-hydrogen) atoms. The molecule has 126 valence electrons. The van der Waals surface area contributed by atoms with E-state index < -0.39 is 12.0 Å². The summed E-state index contributed by atoms with van der Waals surface area (Å²) in [5.41, 5.74) is 1.86. The summed E-state index contributed by atoms with van der Waals surface area (Å²) in [6.45, 7) is 2.89. The van der Waals surface area contributed by atoms with Gasteiger partial charge in [-0.15, -0.1) is 0 Å². The van der Waals surface area contributed by atoms with Crippen LogP contribution in [0.3, 0.4) is 0 Å². The van der Waals surface area contributed by atoms with Gasteiger partial charge in [0.2, 0.25) is 0 Å². The van der Waals surface area contributed by atoms with Crippen molar-refractivity contribution in [2.75, 3.05) is 26.3 Å². The van der Waals surface area contributed by atoms with Crippen molar-refractivity contribution in [1.82, 2.24) is 4.90 Å². The molecule has 0 radical (unpaired) electrons. The first-order valence-corrected chi connectivity index (χ1v) is 8.05. The van der Waals surface area contributed by atoms with E-state index in [0.717, 1.165) is 16.9 Å². The Morgan fingerprint density at radius 2 is 1.75 bits per heavy atom. The smallest absolute Gasteiger partial charge is 0.325 e. The molecule has 5 heteroatoms. The van der Waals surface area contributed by atoms with Gasteiger partial charge in [0.25, 0.3) is 0 Å². The zero-order valence-electron chi connectivity index (χ0n) is 13.4. The summed E-state index contributed by atoms with van der Waals surface area (Å²) in [7, 11) is 0. The van der Waals surface area contributed by atoms with Gasteiger partial charge in [-0.1, -0.05) is 42.5 Å². The first-order chi connectivity index (χ1) is 11.7. The molecule has 2 aromatic rings. The van der Waals surface area contributed by atoms with Crippen molar-refractivity contribution in [3.05, 3.63) is 65.7 Å². The molecule has 3 rings (SSSR count). The number of carboxylic acid groups (broad SMARTS) is 1. The summed E-state index contributed by atoms with van der Waals surface area (Å²) in [5, 5.41) is 9.59. The number of aliphatic carboxylic acids is 1. The molecule has 0 amide bonds. The Morgan fingerprint density at radius 3 is 2.38 bits per heavy atom. The Labute approximate surface area is 141 Å². The van der Waals surface area contributed by atoms with Crippen molar-refractivity contribution in [2.24, 2.45) is 0 Å². The zero-order chi connectivity index (χ0) is 16.8.